The van der Waals surface area contributed by atoms with Gasteiger partial charge in [-0.05, 0) is 24.3 Å². The lowest BCUT2D eigenvalue weighted by Gasteiger charge is -2.08. The Morgan fingerprint density at radius 3 is 1.32 bits per heavy atom. The first kappa shape index (κ1) is 24.5. The molecule has 0 aliphatic rings. The smallest absolute Gasteiger partial charge is 0.338 e. The second-order valence-electron chi connectivity index (χ2n) is 5.88. The molecule has 0 heterocycles. The molecule has 0 saturated carbocycles. The van der Waals surface area contributed by atoms with Crippen molar-refractivity contribution in [3.8, 4) is 0 Å². The summed E-state index contributed by atoms with van der Waals surface area (Å²) in [5, 5.41) is 0. The van der Waals surface area contributed by atoms with Gasteiger partial charge in [0.2, 0.25) is 0 Å². The van der Waals surface area contributed by atoms with Crippen LogP contribution in [0.25, 0.3) is 0 Å². The molecule has 12 heteroatoms. The second-order valence-corrected chi connectivity index (χ2v) is 9.40. The van der Waals surface area contributed by atoms with Crippen molar-refractivity contribution in [2.24, 2.45) is 0 Å². The van der Waals surface area contributed by atoms with Gasteiger partial charge in [-0.1, -0.05) is 36.4 Å². The molecule has 0 bridgehead atoms. The third-order valence-electron chi connectivity index (χ3n) is 3.61. The second kappa shape index (κ2) is 11.6. The summed E-state index contributed by atoms with van der Waals surface area (Å²) < 4.78 is 65.4. The fourth-order valence-corrected chi connectivity index (χ4v) is 3.33. The Hall–Kier alpha value is -2.80. The van der Waals surface area contributed by atoms with E-state index in [2.05, 4.69) is 8.37 Å². The van der Waals surface area contributed by atoms with E-state index in [1.807, 2.05) is 0 Å². The first-order valence-electron chi connectivity index (χ1n) is 8.87. The molecule has 2 aromatic rings. The van der Waals surface area contributed by atoms with E-state index >= 15 is 0 Å². The maximum Gasteiger partial charge on any atom is 0.338 e. The van der Waals surface area contributed by atoms with Gasteiger partial charge in [0.25, 0.3) is 20.2 Å². The summed E-state index contributed by atoms with van der Waals surface area (Å²) >= 11 is 0. The Kier molecular flexibility index (Phi) is 9.12. The monoisotopic (exact) mass is 472 g/mol. The number of rotatable bonds is 12. The molecule has 0 spiro atoms. The number of benzene rings is 2. The van der Waals surface area contributed by atoms with E-state index in [0.717, 1.165) is 0 Å². The van der Waals surface area contributed by atoms with Gasteiger partial charge in [0, 0.05) is 0 Å². The van der Waals surface area contributed by atoms with Crippen molar-refractivity contribution in [2.75, 3.05) is 31.5 Å². The average Bonchev–Trinajstić information content (AvgIpc) is 2.74. The van der Waals surface area contributed by atoms with E-state index in [1.54, 1.807) is 36.4 Å². The van der Waals surface area contributed by atoms with Crippen LogP contribution in [0.15, 0.2) is 60.7 Å². The Labute approximate surface area is 179 Å². The Morgan fingerprint density at radius 1 is 0.613 bits per heavy atom. The maximum absolute atomic E-state index is 11.7. The summed E-state index contributed by atoms with van der Waals surface area (Å²) in [6.45, 7) is -2.07. The van der Waals surface area contributed by atoms with Crippen LogP contribution in [-0.4, -0.2) is 60.3 Å². The zero-order valence-electron chi connectivity index (χ0n) is 16.2. The maximum atomic E-state index is 11.7. The van der Waals surface area contributed by atoms with Crippen molar-refractivity contribution >= 4 is 32.2 Å². The molecule has 0 amide bonds. The molecular formula is C19H20O10S2. The summed E-state index contributed by atoms with van der Waals surface area (Å²) in [7, 11) is -8.41. The van der Waals surface area contributed by atoms with Gasteiger partial charge in [0.1, 0.15) is 24.7 Å². The standard InChI is InChI=1S/C19H20O10S2/c20-18(16-7-3-1-4-8-16)26-11-13-30(22,23)28-15-29-31(24,25)14-12-27-19(21)17-9-5-2-6-10-17/h1-10H,11-15H2. The molecular weight excluding hydrogens is 452 g/mol. The summed E-state index contributed by atoms with van der Waals surface area (Å²) in [6.07, 6.45) is 0. The van der Waals surface area contributed by atoms with E-state index in [1.165, 1.54) is 24.3 Å². The molecule has 10 nitrogen and oxygen atoms in total. The SMILES string of the molecule is O=C(OCCS(=O)(=O)OCOS(=O)(=O)CCOC(=O)c1ccccc1)c1ccccc1. The lowest BCUT2D eigenvalue weighted by atomic mass is 10.2. The van der Waals surface area contributed by atoms with E-state index in [-0.39, 0.29) is 11.1 Å². The topological polar surface area (TPSA) is 139 Å². The van der Waals surface area contributed by atoms with Crippen LogP contribution in [0.5, 0.6) is 0 Å². The van der Waals surface area contributed by atoms with Crippen LogP contribution in [-0.2, 0) is 38.1 Å². The van der Waals surface area contributed by atoms with Crippen LogP contribution in [0, 0.1) is 0 Å². The van der Waals surface area contributed by atoms with Gasteiger partial charge >= 0.3 is 11.9 Å². The van der Waals surface area contributed by atoms with Crippen molar-refractivity contribution in [3.05, 3.63) is 71.8 Å². The largest absolute Gasteiger partial charge is 0.461 e. The van der Waals surface area contributed by atoms with Gasteiger partial charge in [-0.15, -0.1) is 0 Å². The molecule has 0 aliphatic heterocycles. The van der Waals surface area contributed by atoms with Gasteiger partial charge in [-0.3, -0.25) is 0 Å². The highest BCUT2D eigenvalue weighted by molar-refractivity contribution is 7.87. The van der Waals surface area contributed by atoms with Crippen molar-refractivity contribution in [3.63, 3.8) is 0 Å². The fourth-order valence-electron chi connectivity index (χ4n) is 2.07. The minimum absolute atomic E-state index is 0.253. The number of ether oxygens (including phenoxy) is 2. The minimum Gasteiger partial charge on any atom is -0.461 e. The number of esters is 2. The Bertz CT molecular complexity index is 978. The molecule has 0 aliphatic carbocycles. The van der Waals surface area contributed by atoms with E-state index in [0.29, 0.717) is 0 Å². The summed E-state index contributed by atoms with van der Waals surface area (Å²) in [5.74, 6) is -2.80. The molecule has 2 aromatic carbocycles. The highest BCUT2D eigenvalue weighted by atomic mass is 32.2. The average molecular weight is 472 g/mol. The molecule has 0 radical (unpaired) electrons. The molecule has 168 valence electrons. The summed E-state index contributed by atoms with van der Waals surface area (Å²) in [6, 6.07) is 15.9. The number of hydrogen-bond donors (Lipinski definition) is 0. The quantitative estimate of drug-likeness (QED) is 0.253. The van der Waals surface area contributed by atoms with Gasteiger partial charge in [0.15, 0.2) is 6.79 Å². The lowest BCUT2D eigenvalue weighted by Crippen LogP contribution is -2.22. The summed E-state index contributed by atoms with van der Waals surface area (Å²) in [5.41, 5.74) is 0.506. The molecule has 0 fully saturated rings. The van der Waals surface area contributed by atoms with Gasteiger partial charge in [-0.2, -0.15) is 16.8 Å². The highest BCUT2D eigenvalue weighted by Gasteiger charge is 2.18. The van der Waals surface area contributed by atoms with Crippen LogP contribution in [0.3, 0.4) is 0 Å². The van der Waals surface area contributed by atoms with Gasteiger partial charge in [0.05, 0.1) is 11.1 Å². The molecule has 2 rings (SSSR count). The number of carbonyl (C=O) groups excluding carboxylic acids is 2. The fraction of sp³-hybridized carbons (Fsp3) is 0.263. The normalized spacial score (nSPS) is 11.6. The first-order valence-corrected chi connectivity index (χ1v) is 12.0. The third kappa shape index (κ3) is 9.26. The Morgan fingerprint density at radius 2 is 0.968 bits per heavy atom. The molecule has 0 saturated heterocycles. The van der Waals surface area contributed by atoms with E-state index < -0.39 is 63.7 Å². The summed E-state index contributed by atoms with van der Waals surface area (Å²) in [4.78, 5) is 23.4. The minimum atomic E-state index is -4.20. The van der Waals surface area contributed by atoms with Crippen molar-refractivity contribution in [2.45, 2.75) is 0 Å². The molecule has 0 atom stereocenters. The lowest BCUT2D eigenvalue weighted by molar-refractivity contribution is 0.0518. The number of carbonyl (C=O) groups is 2. The van der Waals surface area contributed by atoms with Crippen LogP contribution in [0.2, 0.25) is 0 Å². The van der Waals surface area contributed by atoms with Crippen molar-refractivity contribution in [1.82, 2.24) is 0 Å². The molecule has 0 unspecified atom stereocenters. The van der Waals surface area contributed by atoms with Gasteiger partial charge in [-0.25, -0.2) is 18.0 Å². The molecule has 0 N–H and O–H groups in total. The van der Waals surface area contributed by atoms with Crippen LogP contribution < -0.4 is 0 Å². The molecule has 0 aromatic heterocycles. The van der Waals surface area contributed by atoms with Gasteiger partial charge < -0.3 is 9.47 Å². The molecule has 31 heavy (non-hydrogen) atoms. The van der Waals surface area contributed by atoms with Crippen LogP contribution in [0.1, 0.15) is 20.7 Å². The predicted octanol–water partition coefficient (Wildman–Crippen LogP) is 1.35. The van der Waals surface area contributed by atoms with E-state index in [4.69, 9.17) is 9.47 Å². The third-order valence-corrected chi connectivity index (χ3v) is 5.85. The predicted molar refractivity (Wildman–Crippen MR) is 108 cm³/mol. The Balaban J connectivity index is 1.66. The highest BCUT2D eigenvalue weighted by Crippen LogP contribution is 2.04. The first-order chi connectivity index (χ1) is 14.7. The number of hydrogen-bond acceptors (Lipinski definition) is 10. The van der Waals surface area contributed by atoms with Crippen molar-refractivity contribution < 1.29 is 44.3 Å². The zero-order chi connectivity index (χ0) is 22.7. The van der Waals surface area contributed by atoms with Crippen molar-refractivity contribution in [1.29, 1.82) is 0 Å². The van der Waals surface area contributed by atoms with Crippen LogP contribution in [0.4, 0.5) is 0 Å². The van der Waals surface area contributed by atoms with E-state index in [9.17, 15) is 26.4 Å². The zero-order valence-corrected chi connectivity index (χ0v) is 17.8. The van der Waals surface area contributed by atoms with Crippen LogP contribution >= 0.6 is 0 Å².